The monoisotopic (exact) mass is 373 g/mol. The standard InChI is InChI=1S/C20H24FN3O3/c1-12(2)11-16(20(26)27-3)22-19(25)18-15-5-4-6-17(15)24(23-18)14-9-7-13(21)8-10-14/h7-10,12,16H,4-6,11H2,1-3H3,(H,22,25). The van der Waals surface area contributed by atoms with Crippen molar-refractivity contribution in [3.8, 4) is 5.69 Å². The van der Waals surface area contributed by atoms with E-state index < -0.39 is 12.0 Å². The second-order valence-corrected chi connectivity index (χ2v) is 7.19. The fourth-order valence-corrected chi connectivity index (χ4v) is 3.47. The normalized spacial score (nSPS) is 14.1. The van der Waals surface area contributed by atoms with Gasteiger partial charge < -0.3 is 10.1 Å². The molecule has 144 valence electrons. The maximum Gasteiger partial charge on any atom is 0.328 e. The first kappa shape index (κ1) is 19.1. The van der Waals surface area contributed by atoms with E-state index in [1.807, 2.05) is 13.8 Å². The summed E-state index contributed by atoms with van der Waals surface area (Å²) in [6, 6.07) is 5.30. The third-order valence-corrected chi connectivity index (χ3v) is 4.71. The van der Waals surface area contributed by atoms with E-state index in [0.29, 0.717) is 17.8 Å². The van der Waals surface area contributed by atoms with Crippen LogP contribution in [0.15, 0.2) is 24.3 Å². The van der Waals surface area contributed by atoms with Gasteiger partial charge in [0, 0.05) is 11.3 Å². The van der Waals surface area contributed by atoms with Gasteiger partial charge in [0.05, 0.1) is 12.8 Å². The number of nitrogens with zero attached hydrogens (tertiary/aromatic N) is 2. The molecule has 0 spiro atoms. The highest BCUT2D eigenvalue weighted by atomic mass is 19.1. The molecule has 6 nitrogen and oxygen atoms in total. The highest BCUT2D eigenvalue weighted by Crippen LogP contribution is 2.28. The van der Waals surface area contributed by atoms with Crippen molar-refractivity contribution < 1.29 is 18.7 Å². The Balaban J connectivity index is 1.90. The molecular formula is C20H24FN3O3. The van der Waals surface area contributed by atoms with Gasteiger partial charge in [-0.1, -0.05) is 13.8 Å². The number of hydrogen-bond donors (Lipinski definition) is 1. The number of amides is 1. The van der Waals surface area contributed by atoms with Crippen molar-refractivity contribution in [3.05, 3.63) is 47.0 Å². The summed E-state index contributed by atoms with van der Waals surface area (Å²) in [6.07, 6.45) is 2.98. The molecule has 0 fully saturated rings. The van der Waals surface area contributed by atoms with Gasteiger partial charge in [-0.15, -0.1) is 0 Å². The zero-order chi connectivity index (χ0) is 19.6. The van der Waals surface area contributed by atoms with Crippen molar-refractivity contribution in [1.82, 2.24) is 15.1 Å². The number of nitrogens with one attached hydrogen (secondary N) is 1. The molecule has 1 N–H and O–H groups in total. The minimum Gasteiger partial charge on any atom is -0.467 e. The lowest BCUT2D eigenvalue weighted by Gasteiger charge is -2.18. The molecule has 1 atom stereocenters. The summed E-state index contributed by atoms with van der Waals surface area (Å²) >= 11 is 0. The zero-order valence-electron chi connectivity index (χ0n) is 15.8. The summed E-state index contributed by atoms with van der Waals surface area (Å²) in [5.74, 6) is -0.955. The van der Waals surface area contributed by atoms with Crippen LogP contribution in [0.4, 0.5) is 4.39 Å². The molecule has 1 aliphatic rings. The van der Waals surface area contributed by atoms with E-state index in [-0.39, 0.29) is 17.6 Å². The number of benzene rings is 1. The van der Waals surface area contributed by atoms with Crippen LogP contribution in [0.2, 0.25) is 0 Å². The van der Waals surface area contributed by atoms with Crippen LogP contribution in [-0.2, 0) is 22.4 Å². The van der Waals surface area contributed by atoms with Gasteiger partial charge in [-0.05, 0) is 55.9 Å². The van der Waals surface area contributed by atoms with Crippen molar-refractivity contribution in [2.24, 2.45) is 5.92 Å². The lowest BCUT2D eigenvalue weighted by atomic mass is 10.0. The summed E-state index contributed by atoms with van der Waals surface area (Å²) in [5.41, 5.74) is 2.89. The topological polar surface area (TPSA) is 73.2 Å². The van der Waals surface area contributed by atoms with Crippen LogP contribution in [0.25, 0.3) is 5.69 Å². The Labute approximate surface area is 157 Å². The Hall–Kier alpha value is -2.70. The van der Waals surface area contributed by atoms with Crippen molar-refractivity contribution >= 4 is 11.9 Å². The summed E-state index contributed by atoms with van der Waals surface area (Å²) in [5, 5.41) is 7.25. The molecule has 27 heavy (non-hydrogen) atoms. The predicted octanol–water partition coefficient (Wildman–Crippen LogP) is 2.82. The van der Waals surface area contributed by atoms with Gasteiger partial charge in [0.15, 0.2) is 5.69 Å². The number of carbonyl (C=O) groups excluding carboxylic acids is 2. The van der Waals surface area contributed by atoms with Crippen LogP contribution in [0.5, 0.6) is 0 Å². The second kappa shape index (κ2) is 7.90. The number of halogens is 1. The number of methoxy groups -OCH3 is 1. The number of aromatic nitrogens is 2. The molecule has 1 heterocycles. The first-order chi connectivity index (χ1) is 12.9. The van der Waals surface area contributed by atoms with Gasteiger partial charge in [0.25, 0.3) is 5.91 Å². The highest BCUT2D eigenvalue weighted by Gasteiger charge is 2.30. The van der Waals surface area contributed by atoms with Gasteiger partial charge in [-0.3, -0.25) is 4.79 Å². The van der Waals surface area contributed by atoms with E-state index in [1.54, 1.807) is 16.8 Å². The molecule has 1 aliphatic carbocycles. The Morgan fingerprint density at radius 1 is 1.26 bits per heavy atom. The zero-order valence-corrected chi connectivity index (χ0v) is 15.8. The van der Waals surface area contributed by atoms with Crippen LogP contribution >= 0.6 is 0 Å². The van der Waals surface area contributed by atoms with E-state index in [9.17, 15) is 14.0 Å². The van der Waals surface area contributed by atoms with Gasteiger partial charge in [-0.2, -0.15) is 5.10 Å². The maximum absolute atomic E-state index is 13.2. The summed E-state index contributed by atoms with van der Waals surface area (Å²) in [7, 11) is 1.31. The molecule has 2 aromatic rings. The Morgan fingerprint density at radius 3 is 2.59 bits per heavy atom. The molecule has 0 saturated carbocycles. The average molecular weight is 373 g/mol. The van der Waals surface area contributed by atoms with Gasteiger partial charge in [0.1, 0.15) is 11.9 Å². The fourth-order valence-electron chi connectivity index (χ4n) is 3.47. The summed E-state index contributed by atoms with van der Waals surface area (Å²) < 4.78 is 19.7. The first-order valence-corrected chi connectivity index (χ1v) is 9.16. The molecule has 3 rings (SSSR count). The molecule has 1 aromatic carbocycles. The van der Waals surface area contributed by atoms with Crippen LogP contribution in [0.1, 0.15) is 48.4 Å². The number of carbonyl (C=O) groups is 2. The minimum absolute atomic E-state index is 0.219. The number of ether oxygens (including phenoxy) is 1. The van der Waals surface area contributed by atoms with E-state index in [4.69, 9.17) is 4.74 Å². The molecule has 1 unspecified atom stereocenters. The Bertz CT molecular complexity index is 843. The molecular weight excluding hydrogens is 349 g/mol. The summed E-state index contributed by atoms with van der Waals surface area (Å²) in [4.78, 5) is 24.9. The molecule has 7 heteroatoms. The van der Waals surface area contributed by atoms with Gasteiger partial charge in [-0.25, -0.2) is 13.9 Å². The second-order valence-electron chi connectivity index (χ2n) is 7.19. The van der Waals surface area contributed by atoms with E-state index in [2.05, 4.69) is 10.4 Å². The van der Waals surface area contributed by atoms with Crippen molar-refractivity contribution in [3.63, 3.8) is 0 Å². The third-order valence-electron chi connectivity index (χ3n) is 4.71. The van der Waals surface area contributed by atoms with Crippen molar-refractivity contribution in [2.45, 2.75) is 45.6 Å². The summed E-state index contributed by atoms with van der Waals surface area (Å²) in [6.45, 7) is 3.95. The van der Waals surface area contributed by atoms with Gasteiger partial charge in [0.2, 0.25) is 0 Å². The smallest absolute Gasteiger partial charge is 0.328 e. The molecule has 1 amide bonds. The quantitative estimate of drug-likeness (QED) is 0.791. The number of hydrogen-bond acceptors (Lipinski definition) is 4. The molecule has 0 aliphatic heterocycles. The fraction of sp³-hybridized carbons (Fsp3) is 0.450. The number of esters is 1. The average Bonchev–Trinajstić information content (AvgIpc) is 3.23. The highest BCUT2D eigenvalue weighted by molar-refractivity contribution is 5.96. The Morgan fingerprint density at radius 2 is 1.96 bits per heavy atom. The van der Waals surface area contributed by atoms with Crippen LogP contribution in [0.3, 0.4) is 0 Å². The largest absolute Gasteiger partial charge is 0.467 e. The van der Waals surface area contributed by atoms with Crippen molar-refractivity contribution in [1.29, 1.82) is 0 Å². The van der Waals surface area contributed by atoms with Crippen molar-refractivity contribution in [2.75, 3.05) is 7.11 Å². The lowest BCUT2D eigenvalue weighted by molar-refractivity contribution is -0.143. The maximum atomic E-state index is 13.2. The van der Waals surface area contributed by atoms with Crippen LogP contribution < -0.4 is 5.32 Å². The Kier molecular flexibility index (Phi) is 5.58. The van der Waals surface area contributed by atoms with Crippen LogP contribution in [0, 0.1) is 11.7 Å². The molecule has 0 saturated heterocycles. The van der Waals surface area contributed by atoms with E-state index in [0.717, 1.165) is 30.5 Å². The number of fused-ring (bicyclic) bond motifs is 1. The van der Waals surface area contributed by atoms with E-state index in [1.165, 1.54) is 19.2 Å². The first-order valence-electron chi connectivity index (χ1n) is 9.16. The SMILES string of the molecule is COC(=O)C(CC(C)C)NC(=O)c1nn(-c2ccc(F)cc2)c2c1CCC2. The molecule has 0 radical (unpaired) electrons. The molecule has 1 aromatic heterocycles. The third kappa shape index (κ3) is 4.02. The minimum atomic E-state index is -0.712. The molecule has 0 bridgehead atoms. The van der Waals surface area contributed by atoms with E-state index >= 15 is 0 Å². The number of rotatable bonds is 6. The lowest BCUT2D eigenvalue weighted by Crippen LogP contribution is -2.42. The van der Waals surface area contributed by atoms with Crippen LogP contribution in [-0.4, -0.2) is 34.8 Å². The van der Waals surface area contributed by atoms with Gasteiger partial charge >= 0.3 is 5.97 Å². The predicted molar refractivity (Wildman–Crippen MR) is 98.3 cm³/mol.